The average Bonchev–Trinajstić information content (AvgIpc) is 3.04. The first-order valence-electron chi connectivity index (χ1n) is 8.46. The molecular weight excluding hydrogens is 360 g/mol. The van der Waals surface area contributed by atoms with Gasteiger partial charge in [-0.05, 0) is 36.8 Å². The molecule has 1 amide bonds. The maximum Gasteiger partial charge on any atom is 0.213 e. The summed E-state index contributed by atoms with van der Waals surface area (Å²) in [7, 11) is 0. The van der Waals surface area contributed by atoms with Crippen LogP contribution in [0.4, 0.5) is 5.13 Å². The van der Waals surface area contributed by atoms with Gasteiger partial charge in [-0.25, -0.2) is 4.98 Å². The number of rotatable bonds is 5. The molecule has 134 valence electrons. The third-order valence-electron chi connectivity index (χ3n) is 4.37. The van der Waals surface area contributed by atoms with Crippen LogP contribution < -0.4 is 5.32 Å². The second-order valence-electron chi connectivity index (χ2n) is 6.31. The van der Waals surface area contributed by atoms with E-state index in [0.29, 0.717) is 36.2 Å². The van der Waals surface area contributed by atoms with Crippen molar-refractivity contribution in [2.75, 3.05) is 18.5 Å². The topological polar surface area (TPSA) is 87.9 Å². The Hall–Kier alpha value is -3.08. The van der Waals surface area contributed by atoms with Crippen LogP contribution >= 0.6 is 11.3 Å². The molecule has 0 spiro atoms. The van der Waals surface area contributed by atoms with Crippen molar-refractivity contribution >= 4 is 22.9 Å². The Morgan fingerprint density at radius 3 is 2.81 bits per heavy atom. The van der Waals surface area contributed by atoms with Gasteiger partial charge in [-0.2, -0.15) is 5.26 Å². The van der Waals surface area contributed by atoms with E-state index in [4.69, 9.17) is 4.74 Å². The maximum atomic E-state index is 10.9. The zero-order valence-corrected chi connectivity index (χ0v) is 15.4. The average molecular weight is 376 g/mol. The van der Waals surface area contributed by atoms with Gasteiger partial charge in [-0.15, -0.1) is 0 Å². The molecule has 0 aliphatic carbocycles. The monoisotopic (exact) mass is 376 g/mol. The maximum absolute atomic E-state index is 10.9. The van der Waals surface area contributed by atoms with E-state index < -0.39 is 0 Å². The summed E-state index contributed by atoms with van der Waals surface area (Å²) >= 11 is 1.40. The van der Waals surface area contributed by atoms with E-state index in [1.165, 1.54) is 11.3 Å². The third-order valence-corrected chi connectivity index (χ3v) is 5.40. The number of anilines is 1. The molecule has 0 atom stereocenters. The minimum Gasteiger partial charge on any atom is -0.380 e. The molecule has 1 aliphatic heterocycles. The van der Waals surface area contributed by atoms with Crippen molar-refractivity contribution in [2.45, 2.75) is 12.8 Å². The number of carbonyl (C=O) groups is 1. The Morgan fingerprint density at radius 1 is 1.26 bits per heavy atom. The predicted octanol–water partition coefficient (Wildman–Crippen LogP) is 3.73. The Labute approximate surface area is 160 Å². The molecule has 1 fully saturated rings. The van der Waals surface area contributed by atoms with Crippen LogP contribution in [0.3, 0.4) is 0 Å². The van der Waals surface area contributed by atoms with Gasteiger partial charge in [0.15, 0.2) is 5.13 Å². The van der Waals surface area contributed by atoms with Gasteiger partial charge in [0.25, 0.3) is 0 Å². The standard InChI is InChI=1S/C20H16N4O2S/c1-12-5-15(7-17(23-12)16-9-26-10-16)19-18(24-20(27-19)22-11-25)14-4-2-3-13(6-14)8-21/h2-7,11,16H,9-10H2,1H3,(H,22,24,25). The largest absolute Gasteiger partial charge is 0.380 e. The lowest BCUT2D eigenvalue weighted by molar-refractivity contribution is -0.105. The van der Waals surface area contributed by atoms with Crippen LogP contribution in [-0.2, 0) is 9.53 Å². The first-order valence-corrected chi connectivity index (χ1v) is 9.28. The van der Waals surface area contributed by atoms with Crippen LogP contribution in [0.2, 0.25) is 0 Å². The van der Waals surface area contributed by atoms with E-state index in [0.717, 1.165) is 33.1 Å². The number of amides is 1. The molecule has 0 saturated carbocycles. The van der Waals surface area contributed by atoms with Crippen molar-refractivity contribution in [1.82, 2.24) is 9.97 Å². The summed E-state index contributed by atoms with van der Waals surface area (Å²) < 4.78 is 5.30. The van der Waals surface area contributed by atoms with Crippen LogP contribution in [0.25, 0.3) is 21.7 Å². The molecule has 1 aromatic carbocycles. The van der Waals surface area contributed by atoms with Crippen LogP contribution in [-0.4, -0.2) is 29.6 Å². The van der Waals surface area contributed by atoms with E-state index in [2.05, 4.69) is 27.4 Å². The molecule has 27 heavy (non-hydrogen) atoms. The van der Waals surface area contributed by atoms with Gasteiger partial charge in [0.2, 0.25) is 6.41 Å². The first-order chi connectivity index (χ1) is 13.2. The lowest BCUT2D eigenvalue weighted by atomic mass is 9.99. The molecule has 1 N–H and O–H groups in total. The highest BCUT2D eigenvalue weighted by atomic mass is 32.1. The van der Waals surface area contributed by atoms with Gasteiger partial charge in [0.05, 0.1) is 35.4 Å². The van der Waals surface area contributed by atoms with E-state index in [1.54, 1.807) is 12.1 Å². The molecule has 2 aromatic heterocycles. The summed E-state index contributed by atoms with van der Waals surface area (Å²) in [6, 6.07) is 13.5. The number of aryl methyl sites for hydroxylation is 1. The Kier molecular flexibility index (Phi) is 4.67. The third kappa shape index (κ3) is 3.45. The number of thiazole rings is 1. The molecule has 7 heteroatoms. The van der Waals surface area contributed by atoms with Crippen molar-refractivity contribution in [3.8, 4) is 27.8 Å². The van der Waals surface area contributed by atoms with Gasteiger partial charge in [-0.1, -0.05) is 23.5 Å². The van der Waals surface area contributed by atoms with Gasteiger partial charge in [0, 0.05) is 22.9 Å². The summed E-state index contributed by atoms with van der Waals surface area (Å²) in [4.78, 5) is 21.1. The molecule has 3 heterocycles. The zero-order chi connectivity index (χ0) is 18.8. The molecule has 4 rings (SSSR count). The van der Waals surface area contributed by atoms with Gasteiger partial charge in [0.1, 0.15) is 0 Å². The highest BCUT2D eigenvalue weighted by Crippen LogP contribution is 2.40. The lowest BCUT2D eigenvalue weighted by Gasteiger charge is -2.26. The molecule has 1 saturated heterocycles. The SMILES string of the molecule is Cc1cc(-c2sc(NC=O)nc2-c2cccc(C#N)c2)cc(C2COC2)n1. The van der Waals surface area contributed by atoms with Gasteiger partial charge < -0.3 is 10.1 Å². The first kappa shape index (κ1) is 17.3. The normalized spacial score (nSPS) is 13.6. The number of carbonyl (C=O) groups excluding carboxylic acids is 1. The van der Waals surface area contributed by atoms with Crippen molar-refractivity contribution < 1.29 is 9.53 Å². The van der Waals surface area contributed by atoms with E-state index in [9.17, 15) is 10.1 Å². The molecule has 0 bridgehead atoms. The summed E-state index contributed by atoms with van der Waals surface area (Å²) in [5, 5.41) is 12.4. The van der Waals surface area contributed by atoms with Crippen LogP contribution in [0.5, 0.6) is 0 Å². The number of nitriles is 1. The minimum atomic E-state index is 0.314. The smallest absolute Gasteiger partial charge is 0.213 e. The summed E-state index contributed by atoms with van der Waals surface area (Å²) in [6.07, 6.45) is 0.618. The molecular formula is C20H16N4O2S. The minimum absolute atomic E-state index is 0.314. The van der Waals surface area contributed by atoms with Crippen molar-refractivity contribution in [3.05, 3.63) is 53.3 Å². The Morgan fingerprint density at radius 2 is 2.11 bits per heavy atom. The highest BCUT2D eigenvalue weighted by molar-refractivity contribution is 7.19. The van der Waals surface area contributed by atoms with Crippen molar-refractivity contribution in [1.29, 1.82) is 5.26 Å². The molecule has 0 unspecified atom stereocenters. The summed E-state index contributed by atoms with van der Waals surface area (Å²) in [5.74, 6) is 0.314. The Bertz CT molecular complexity index is 1050. The van der Waals surface area contributed by atoms with Gasteiger partial charge >= 0.3 is 0 Å². The number of ether oxygens (including phenoxy) is 1. The molecule has 6 nitrogen and oxygen atoms in total. The second-order valence-corrected chi connectivity index (χ2v) is 7.31. The number of hydrogen-bond donors (Lipinski definition) is 1. The van der Waals surface area contributed by atoms with Gasteiger partial charge in [-0.3, -0.25) is 9.78 Å². The number of benzene rings is 1. The summed E-state index contributed by atoms with van der Waals surface area (Å²) in [5.41, 5.74) is 5.06. The quantitative estimate of drug-likeness (QED) is 0.686. The number of hydrogen-bond acceptors (Lipinski definition) is 6. The highest BCUT2D eigenvalue weighted by Gasteiger charge is 2.24. The van der Waals surface area contributed by atoms with E-state index >= 15 is 0 Å². The van der Waals surface area contributed by atoms with Crippen molar-refractivity contribution in [3.63, 3.8) is 0 Å². The second kappa shape index (κ2) is 7.27. The van der Waals surface area contributed by atoms with Crippen LogP contribution in [0, 0.1) is 18.3 Å². The lowest BCUT2D eigenvalue weighted by Crippen LogP contribution is -2.26. The molecule has 1 aliphatic rings. The van der Waals surface area contributed by atoms with E-state index in [1.807, 2.05) is 25.1 Å². The fourth-order valence-corrected chi connectivity index (χ4v) is 3.93. The fraction of sp³-hybridized carbons (Fsp3) is 0.200. The molecule has 3 aromatic rings. The van der Waals surface area contributed by atoms with Crippen LogP contribution in [0.1, 0.15) is 22.9 Å². The predicted molar refractivity (Wildman–Crippen MR) is 103 cm³/mol. The number of nitrogens with zero attached hydrogens (tertiary/aromatic N) is 3. The fourth-order valence-electron chi connectivity index (χ4n) is 3.00. The number of aromatic nitrogens is 2. The van der Waals surface area contributed by atoms with Crippen molar-refractivity contribution in [2.24, 2.45) is 0 Å². The summed E-state index contributed by atoms with van der Waals surface area (Å²) in [6.45, 7) is 3.34. The Balaban J connectivity index is 1.85. The number of pyridine rings is 1. The zero-order valence-electron chi connectivity index (χ0n) is 14.6. The van der Waals surface area contributed by atoms with E-state index in [-0.39, 0.29) is 0 Å². The molecule has 0 radical (unpaired) electrons. The number of nitrogens with one attached hydrogen (secondary N) is 1. The van der Waals surface area contributed by atoms with Crippen LogP contribution in [0.15, 0.2) is 36.4 Å².